The molecule has 0 fully saturated rings. The van der Waals surface area contributed by atoms with Gasteiger partial charge in [0.25, 0.3) is 0 Å². The van der Waals surface area contributed by atoms with E-state index in [0.717, 1.165) is 17.4 Å². The van der Waals surface area contributed by atoms with Gasteiger partial charge in [0.2, 0.25) is 0 Å². The Hall–Kier alpha value is -1.55. The van der Waals surface area contributed by atoms with Crippen molar-refractivity contribution in [2.45, 2.75) is 19.8 Å². The number of halogens is 1. The Kier molecular flexibility index (Phi) is 3.57. The van der Waals surface area contributed by atoms with Gasteiger partial charge in [-0.2, -0.15) is 0 Å². The molecule has 1 heterocycles. The molecule has 0 bridgehead atoms. The van der Waals surface area contributed by atoms with Crippen molar-refractivity contribution < 1.29 is 9.52 Å². The molecule has 0 unspecified atom stereocenters. The molecule has 0 saturated heterocycles. The van der Waals surface area contributed by atoms with Crippen LogP contribution in [0.4, 0.5) is 0 Å². The second-order valence-corrected chi connectivity index (χ2v) is 5.17. The topological polar surface area (TPSA) is 50.4 Å². The first-order chi connectivity index (χ1) is 8.49. The molecule has 0 spiro atoms. The Bertz CT molecular complexity index is 671. The van der Waals surface area contributed by atoms with Crippen molar-refractivity contribution in [1.82, 2.24) is 0 Å². The number of hydrogen-bond donors (Lipinski definition) is 1. The fourth-order valence-electron chi connectivity index (χ4n) is 1.79. The first kappa shape index (κ1) is 12.9. The largest absolute Gasteiger partial charge is 0.508 e. The molecule has 94 valence electrons. The maximum atomic E-state index is 11.5. The SMILES string of the molecule is C=C(C)CCc1c(O)ccc2cc(Br)c(=O)oc12. The van der Waals surface area contributed by atoms with Crippen molar-refractivity contribution in [3.05, 3.63) is 50.8 Å². The highest BCUT2D eigenvalue weighted by Crippen LogP contribution is 2.29. The number of phenolic OH excluding ortho intramolecular Hbond substituents is 1. The van der Waals surface area contributed by atoms with Crippen molar-refractivity contribution >= 4 is 26.9 Å². The predicted molar refractivity (Wildman–Crippen MR) is 75.0 cm³/mol. The molecule has 1 N–H and O–H groups in total. The van der Waals surface area contributed by atoms with E-state index in [1.807, 2.05) is 6.92 Å². The van der Waals surface area contributed by atoms with Crippen LogP contribution >= 0.6 is 15.9 Å². The van der Waals surface area contributed by atoms with Crippen LogP contribution in [0.1, 0.15) is 18.9 Å². The fourth-order valence-corrected chi connectivity index (χ4v) is 2.11. The summed E-state index contributed by atoms with van der Waals surface area (Å²) in [5.41, 5.74) is 1.68. The third-order valence-electron chi connectivity index (χ3n) is 2.74. The molecule has 0 aliphatic heterocycles. The molecule has 0 aliphatic carbocycles. The third kappa shape index (κ3) is 2.48. The van der Waals surface area contributed by atoms with Crippen molar-refractivity contribution in [2.75, 3.05) is 0 Å². The fraction of sp³-hybridized carbons (Fsp3) is 0.214. The summed E-state index contributed by atoms with van der Waals surface area (Å²) in [6, 6.07) is 5.04. The smallest absolute Gasteiger partial charge is 0.350 e. The zero-order valence-corrected chi connectivity index (χ0v) is 11.6. The second-order valence-electron chi connectivity index (χ2n) is 4.32. The monoisotopic (exact) mass is 308 g/mol. The minimum absolute atomic E-state index is 0.147. The Morgan fingerprint density at radius 3 is 2.89 bits per heavy atom. The lowest BCUT2D eigenvalue weighted by Gasteiger charge is -2.07. The highest BCUT2D eigenvalue weighted by Gasteiger charge is 2.11. The van der Waals surface area contributed by atoms with Crippen LogP contribution in [0.5, 0.6) is 5.75 Å². The van der Waals surface area contributed by atoms with Crippen LogP contribution in [-0.2, 0) is 6.42 Å². The minimum Gasteiger partial charge on any atom is -0.508 e. The van der Waals surface area contributed by atoms with Crippen LogP contribution in [0, 0.1) is 0 Å². The number of hydrogen-bond acceptors (Lipinski definition) is 3. The van der Waals surface area contributed by atoms with Crippen LogP contribution in [0.25, 0.3) is 11.0 Å². The van der Waals surface area contributed by atoms with Crippen molar-refractivity contribution in [1.29, 1.82) is 0 Å². The Balaban J connectivity index is 2.62. The Morgan fingerprint density at radius 1 is 1.50 bits per heavy atom. The van der Waals surface area contributed by atoms with Gasteiger partial charge < -0.3 is 9.52 Å². The molecule has 18 heavy (non-hydrogen) atoms. The molecule has 0 aliphatic rings. The summed E-state index contributed by atoms with van der Waals surface area (Å²) in [5, 5.41) is 10.7. The van der Waals surface area contributed by atoms with E-state index < -0.39 is 5.63 Å². The first-order valence-electron chi connectivity index (χ1n) is 5.57. The Morgan fingerprint density at radius 2 is 2.22 bits per heavy atom. The average molecular weight is 309 g/mol. The molecular weight excluding hydrogens is 296 g/mol. The minimum atomic E-state index is -0.440. The van der Waals surface area contributed by atoms with E-state index in [1.54, 1.807) is 18.2 Å². The first-order valence-corrected chi connectivity index (χ1v) is 6.37. The number of allylic oxidation sites excluding steroid dienone is 1. The molecule has 0 atom stereocenters. The van der Waals surface area contributed by atoms with Crippen LogP contribution in [-0.4, -0.2) is 5.11 Å². The van der Waals surface area contributed by atoms with E-state index in [1.165, 1.54) is 0 Å². The summed E-state index contributed by atoms with van der Waals surface area (Å²) in [6.07, 6.45) is 1.34. The molecule has 3 nitrogen and oxygen atoms in total. The maximum absolute atomic E-state index is 11.5. The van der Waals surface area contributed by atoms with Crippen molar-refractivity contribution in [2.24, 2.45) is 0 Å². The van der Waals surface area contributed by atoms with Gasteiger partial charge >= 0.3 is 5.63 Å². The molecular formula is C14H13BrO3. The lowest BCUT2D eigenvalue weighted by Crippen LogP contribution is -2.00. The average Bonchev–Trinajstić information content (AvgIpc) is 2.30. The van der Waals surface area contributed by atoms with Gasteiger partial charge in [-0.1, -0.05) is 5.57 Å². The van der Waals surface area contributed by atoms with Gasteiger partial charge in [-0.25, -0.2) is 4.79 Å². The maximum Gasteiger partial charge on any atom is 0.350 e. The van der Waals surface area contributed by atoms with E-state index in [4.69, 9.17) is 4.42 Å². The van der Waals surface area contributed by atoms with E-state index in [0.29, 0.717) is 22.0 Å². The van der Waals surface area contributed by atoms with E-state index >= 15 is 0 Å². The summed E-state index contributed by atoms with van der Waals surface area (Å²) in [5.74, 6) is 0.147. The highest BCUT2D eigenvalue weighted by molar-refractivity contribution is 9.10. The van der Waals surface area contributed by atoms with Gasteiger partial charge in [0.1, 0.15) is 15.8 Å². The third-order valence-corrected chi connectivity index (χ3v) is 3.29. The van der Waals surface area contributed by atoms with Crippen LogP contribution < -0.4 is 5.63 Å². The van der Waals surface area contributed by atoms with Gasteiger partial charge in [-0.15, -0.1) is 6.58 Å². The summed E-state index contributed by atoms with van der Waals surface area (Å²) in [4.78, 5) is 11.5. The van der Waals surface area contributed by atoms with E-state index in [2.05, 4.69) is 22.5 Å². The second kappa shape index (κ2) is 4.98. The molecule has 0 radical (unpaired) electrons. The Labute approximate surface area is 113 Å². The van der Waals surface area contributed by atoms with Crippen molar-refractivity contribution in [3.8, 4) is 5.75 Å². The van der Waals surface area contributed by atoms with Crippen LogP contribution in [0.2, 0.25) is 0 Å². The molecule has 0 amide bonds. The number of aromatic hydroxyl groups is 1. The van der Waals surface area contributed by atoms with E-state index in [-0.39, 0.29) is 5.75 Å². The molecule has 2 rings (SSSR count). The van der Waals surface area contributed by atoms with Gasteiger partial charge in [0, 0.05) is 10.9 Å². The van der Waals surface area contributed by atoms with Crippen LogP contribution in [0.15, 0.2) is 44.0 Å². The lowest BCUT2D eigenvalue weighted by atomic mass is 10.0. The predicted octanol–water partition coefficient (Wildman–Crippen LogP) is 3.77. The lowest BCUT2D eigenvalue weighted by molar-refractivity contribution is 0.464. The van der Waals surface area contributed by atoms with E-state index in [9.17, 15) is 9.90 Å². The number of phenols is 1. The standard InChI is InChI=1S/C14H13BrO3/c1-8(2)3-5-10-12(16)6-4-9-7-11(15)14(17)18-13(9)10/h4,6-7,16H,1,3,5H2,2H3. The molecule has 0 saturated carbocycles. The van der Waals surface area contributed by atoms with Gasteiger partial charge in [0.15, 0.2) is 0 Å². The zero-order valence-electron chi connectivity index (χ0n) is 10.00. The number of aryl methyl sites for hydroxylation is 1. The summed E-state index contributed by atoms with van der Waals surface area (Å²) in [6.45, 7) is 5.76. The number of benzene rings is 1. The molecule has 2 aromatic rings. The summed E-state index contributed by atoms with van der Waals surface area (Å²) < 4.78 is 5.63. The summed E-state index contributed by atoms with van der Waals surface area (Å²) in [7, 11) is 0. The van der Waals surface area contributed by atoms with Crippen LogP contribution in [0.3, 0.4) is 0 Å². The highest BCUT2D eigenvalue weighted by atomic mass is 79.9. The molecule has 4 heteroatoms. The summed E-state index contributed by atoms with van der Waals surface area (Å²) >= 11 is 3.14. The number of rotatable bonds is 3. The normalized spacial score (nSPS) is 10.8. The zero-order chi connectivity index (χ0) is 13.3. The number of fused-ring (bicyclic) bond motifs is 1. The van der Waals surface area contributed by atoms with Gasteiger partial charge in [-0.05, 0) is 53.9 Å². The molecule has 1 aromatic carbocycles. The molecule has 1 aromatic heterocycles. The van der Waals surface area contributed by atoms with Gasteiger partial charge in [-0.3, -0.25) is 0 Å². The van der Waals surface area contributed by atoms with Gasteiger partial charge in [0.05, 0.1) is 0 Å². The quantitative estimate of drug-likeness (QED) is 0.693. The van der Waals surface area contributed by atoms with Crippen molar-refractivity contribution in [3.63, 3.8) is 0 Å².